The van der Waals surface area contributed by atoms with Crippen LogP contribution in [0.3, 0.4) is 0 Å². The van der Waals surface area contributed by atoms with Gasteiger partial charge in [-0.1, -0.05) is 30.3 Å². The van der Waals surface area contributed by atoms with E-state index in [-0.39, 0.29) is 5.91 Å². The zero-order valence-corrected chi connectivity index (χ0v) is 11.2. The highest BCUT2D eigenvalue weighted by Crippen LogP contribution is 2.27. The standard InChI is InChI=1S/C17H17NO2/c19-17(9-8-16-7-4-12-20-16)18-11-10-15(13-18)14-5-2-1-3-6-14/h1-9,12,15H,10-11,13H2/b9-8+/t15-/m1/s1. The van der Waals surface area contributed by atoms with Gasteiger partial charge >= 0.3 is 0 Å². The highest BCUT2D eigenvalue weighted by atomic mass is 16.3. The van der Waals surface area contributed by atoms with Gasteiger partial charge in [-0.2, -0.15) is 0 Å². The molecule has 2 aromatic rings. The van der Waals surface area contributed by atoms with Crippen molar-refractivity contribution in [2.45, 2.75) is 12.3 Å². The number of furan rings is 1. The van der Waals surface area contributed by atoms with Crippen molar-refractivity contribution in [2.75, 3.05) is 13.1 Å². The van der Waals surface area contributed by atoms with E-state index in [4.69, 9.17) is 4.42 Å². The molecule has 1 aromatic carbocycles. The summed E-state index contributed by atoms with van der Waals surface area (Å²) in [6, 6.07) is 14.0. The fourth-order valence-corrected chi connectivity index (χ4v) is 2.60. The third-order valence-electron chi connectivity index (χ3n) is 3.70. The molecule has 0 bridgehead atoms. The average Bonchev–Trinajstić information content (AvgIpc) is 3.17. The van der Waals surface area contributed by atoms with Crippen LogP contribution in [0, 0.1) is 0 Å². The minimum atomic E-state index is 0.0554. The molecule has 0 N–H and O–H groups in total. The smallest absolute Gasteiger partial charge is 0.246 e. The predicted molar refractivity (Wildman–Crippen MR) is 78.1 cm³/mol. The summed E-state index contributed by atoms with van der Waals surface area (Å²) in [5.74, 6) is 1.22. The molecule has 0 unspecified atom stereocenters. The second-order valence-electron chi connectivity index (χ2n) is 5.03. The summed E-state index contributed by atoms with van der Waals surface area (Å²) in [7, 11) is 0. The maximum absolute atomic E-state index is 12.1. The molecule has 3 nitrogen and oxygen atoms in total. The molecule has 20 heavy (non-hydrogen) atoms. The van der Waals surface area contributed by atoms with E-state index in [1.807, 2.05) is 23.1 Å². The van der Waals surface area contributed by atoms with Crippen LogP contribution in [-0.2, 0) is 4.79 Å². The van der Waals surface area contributed by atoms with Crippen LogP contribution in [0.5, 0.6) is 0 Å². The summed E-state index contributed by atoms with van der Waals surface area (Å²) in [5, 5.41) is 0. The number of nitrogens with zero attached hydrogens (tertiary/aromatic N) is 1. The van der Waals surface area contributed by atoms with Gasteiger partial charge < -0.3 is 9.32 Å². The van der Waals surface area contributed by atoms with E-state index in [2.05, 4.69) is 24.3 Å². The summed E-state index contributed by atoms with van der Waals surface area (Å²) >= 11 is 0. The molecule has 1 aliphatic heterocycles. The monoisotopic (exact) mass is 267 g/mol. The molecule has 1 fully saturated rings. The highest BCUT2D eigenvalue weighted by molar-refractivity contribution is 5.91. The SMILES string of the molecule is O=C(/C=C/c1ccco1)N1CC[C@@H](c2ccccc2)C1. The van der Waals surface area contributed by atoms with Crippen molar-refractivity contribution in [1.29, 1.82) is 0 Å². The third kappa shape index (κ3) is 2.82. The van der Waals surface area contributed by atoms with Gasteiger partial charge in [0.1, 0.15) is 5.76 Å². The number of amides is 1. The Bertz CT molecular complexity index is 587. The second kappa shape index (κ2) is 5.78. The Balaban J connectivity index is 1.61. The first kappa shape index (κ1) is 12.7. The van der Waals surface area contributed by atoms with Crippen molar-refractivity contribution in [3.8, 4) is 0 Å². The van der Waals surface area contributed by atoms with Crippen LogP contribution in [0.25, 0.3) is 6.08 Å². The van der Waals surface area contributed by atoms with E-state index < -0.39 is 0 Å². The number of rotatable bonds is 3. The molecule has 1 aliphatic rings. The van der Waals surface area contributed by atoms with Crippen molar-refractivity contribution >= 4 is 12.0 Å². The minimum Gasteiger partial charge on any atom is -0.465 e. The maximum atomic E-state index is 12.1. The lowest BCUT2D eigenvalue weighted by molar-refractivity contribution is -0.124. The number of likely N-dealkylation sites (tertiary alicyclic amines) is 1. The van der Waals surface area contributed by atoms with E-state index in [9.17, 15) is 4.79 Å². The van der Waals surface area contributed by atoms with E-state index in [0.29, 0.717) is 11.7 Å². The summed E-state index contributed by atoms with van der Waals surface area (Å²) in [5.41, 5.74) is 1.32. The van der Waals surface area contributed by atoms with E-state index in [0.717, 1.165) is 19.5 Å². The molecule has 1 saturated heterocycles. The molecule has 1 aromatic heterocycles. The first-order valence-corrected chi connectivity index (χ1v) is 6.88. The Morgan fingerprint density at radius 2 is 2.05 bits per heavy atom. The maximum Gasteiger partial charge on any atom is 0.246 e. The van der Waals surface area contributed by atoms with Gasteiger partial charge in [-0.25, -0.2) is 0 Å². The predicted octanol–water partition coefficient (Wildman–Crippen LogP) is 3.31. The Hall–Kier alpha value is -2.29. The zero-order valence-electron chi connectivity index (χ0n) is 11.2. The topological polar surface area (TPSA) is 33.5 Å². The summed E-state index contributed by atoms with van der Waals surface area (Å²) in [6.07, 6.45) is 5.94. The molecule has 102 valence electrons. The Kier molecular flexibility index (Phi) is 3.68. The summed E-state index contributed by atoms with van der Waals surface area (Å²) in [4.78, 5) is 14.0. The Labute approximate surface area is 118 Å². The normalized spacial score (nSPS) is 18.8. The Morgan fingerprint density at radius 3 is 2.80 bits per heavy atom. The van der Waals surface area contributed by atoms with Crippen LogP contribution in [-0.4, -0.2) is 23.9 Å². The Morgan fingerprint density at radius 1 is 1.20 bits per heavy atom. The van der Waals surface area contributed by atoms with Crippen molar-refractivity contribution in [1.82, 2.24) is 4.90 Å². The molecule has 1 atom stereocenters. The van der Waals surface area contributed by atoms with Crippen LogP contribution in [0.4, 0.5) is 0 Å². The number of hydrogen-bond donors (Lipinski definition) is 0. The van der Waals surface area contributed by atoms with Crippen molar-refractivity contribution in [2.24, 2.45) is 0 Å². The van der Waals surface area contributed by atoms with Crippen LogP contribution in [0.2, 0.25) is 0 Å². The molecule has 1 amide bonds. The quantitative estimate of drug-likeness (QED) is 0.799. The van der Waals surface area contributed by atoms with Crippen molar-refractivity contribution < 1.29 is 9.21 Å². The fourth-order valence-electron chi connectivity index (χ4n) is 2.60. The first-order chi connectivity index (χ1) is 9.83. The van der Waals surface area contributed by atoms with Crippen molar-refractivity contribution in [3.05, 3.63) is 66.1 Å². The number of carbonyl (C=O) groups excluding carboxylic acids is 1. The molecular weight excluding hydrogens is 250 g/mol. The van der Waals surface area contributed by atoms with E-state index in [1.165, 1.54) is 5.56 Å². The lowest BCUT2D eigenvalue weighted by Gasteiger charge is -2.14. The van der Waals surface area contributed by atoms with Gasteiger partial charge in [0.25, 0.3) is 0 Å². The van der Waals surface area contributed by atoms with E-state index >= 15 is 0 Å². The largest absolute Gasteiger partial charge is 0.465 e. The molecule has 0 saturated carbocycles. The van der Waals surface area contributed by atoms with Gasteiger partial charge in [-0.15, -0.1) is 0 Å². The van der Waals surface area contributed by atoms with Gasteiger partial charge in [-0.05, 0) is 30.2 Å². The highest BCUT2D eigenvalue weighted by Gasteiger charge is 2.25. The first-order valence-electron chi connectivity index (χ1n) is 6.88. The number of carbonyl (C=O) groups is 1. The summed E-state index contributed by atoms with van der Waals surface area (Å²) < 4.78 is 5.18. The molecule has 3 heteroatoms. The molecule has 3 rings (SSSR count). The minimum absolute atomic E-state index is 0.0554. The number of hydrogen-bond acceptors (Lipinski definition) is 2. The zero-order chi connectivity index (χ0) is 13.8. The number of benzene rings is 1. The molecular formula is C17H17NO2. The lowest BCUT2D eigenvalue weighted by atomic mass is 9.99. The summed E-state index contributed by atoms with van der Waals surface area (Å²) in [6.45, 7) is 1.62. The third-order valence-corrected chi connectivity index (χ3v) is 3.70. The fraction of sp³-hybridized carbons (Fsp3) is 0.235. The van der Waals surface area contributed by atoms with Crippen molar-refractivity contribution in [3.63, 3.8) is 0 Å². The molecule has 0 radical (unpaired) electrons. The van der Waals surface area contributed by atoms with Gasteiger partial charge in [0.2, 0.25) is 5.91 Å². The van der Waals surface area contributed by atoms with Gasteiger partial charge in [-0.3, -0.25) is 4.79 Å². The van der Waals surface area contributed by atoms with Gasteiger partial charge in [0, 0.05) is 25.1 Å². The van der Waals surface area contributed by atoms with E-state index in [1.54, 1.807) is 18.4 Å². The van der Waals surface area contributed by atoms with Gasteiger partial charge in [0.15, 0.2) is 0 Å². The average molecular weight is 267 g/mol. The lowest BCUT2D eigenvalue weighted by Crippen LogP contribution is -2.26. The van der Waals surface area contributed by atoms with Crippen LogP contribution in [0.15, 0.2) is 59.2 Å². The van der Waals surface area contributed by atoms with Crippen LogP contribution >= 0.6 is 0 Å². The van der Waals surface area contributed by atoms with Crippen LogP contribution in [0.1, 0.15) is 23.7 Å². The van der Waals surface area contributed by atoms with Gasteiger partial charge in [0.05, 0.1) is 6.26 Å². The molecule has 0 spiro atoms. The second-order valence-corrected chi connectivity index (χ2v) is 5.03. The molecule has 2 heterocycles. The van der Waals surface area contributed by atoms with Crippen LogP contribution < -0.4 is 0 Å². The molecule has 0 aliphatic carbocycles.